The van der Waals surface area contributed by atoms with Crippen molar-refractivity contribution in [2.24, 2.45) is 0 Å². The van der Waals surface area contributed by atoms with Crippen molar-refractivity contribution in [1.29, 1.82) is 0 Å². The molecule has 0 aliphatic carbocycles. The van der Waals surface area contributed by atoms with Crippen LogP contribution in [0, 0.1) is 0 Å². The second-order valence-electron chi connectivity index (χ2n) is 5.70. The fourth-order valence-electron chi connectivity index (χ4n) is 2.24. The van der Waals surface area contributed by atoms with Crippen molar-refractivity contribution in [3.63, 3.8) is 0 Å². The molecule has 5 nitrogen and oxygen atoms in total. The van der Waals surface area contributed by atoms with Gasteiger partial charge in [0, 0.05) is 20.7 Å². The van der Waals surface area contributed by atoms with Crippen LogP contribution in [0.15, 0.2) is 77.3 Å². The largest absolute Gasteiger partial charge is 0.482 e. The van der Waals surface area contributed by atoms with Gasteiger partial charge in [0.05, 0.1) is 0 Å². The minimum Gasteiger partial charge on any atom is -0.482 e. The van der Waals surface area contributed by atoms with Crippen molar-refractivity contribution < 1.29 is 19.1 Å². The van der Waals surface area contributed by atoms with Gasteiger partial charge in [-0.15, -0.1) is 0 Å². The Morgan fingerprint density at radius 1 is 0.857 bits per heavy atom. The summed E-state index contributed by atoms with van der Waals surface area (Å²) in [6, 6.07) is 20.2. The molecule has 0 radical (unpaired) electrons. The minimum absolute atomic E-state index is 0.222. The number of anilines is 1. The number of amides is 1. The van der Waals surface area contributed by atoms with Crippen LogP contribution in [0.2, 0.25) is 5.02 Å². The molecule has 3 aromatic carbocycles. The van der Waals surface area contributed by atoms with Crippen LogP contribution in [0.4, 0.5) is 5.69 Å². The average Bonchev–Trinajstić information content (AvgIpc) is 2.70. The van der Waals surface area contributed by atoms with Gasteiger partial charge in [-0.3, -0.25) is 4.79 Å². The first-order valence-corrected chi connectivity index (χ1v) is 9.43. The van der Waals surface area contributed by atoms with E-state index in [9.17, 15) is 9.59 Å². The van der Waals surface area contributed by atoms with Crippen LogP contribution in [0.1, 0.15) is 10.4 Å². The number of carbonyl (C=O) groups is 2. The molecule has 1 amide bonds. The molecular weight excluding hydrogens is 446 g/mol. The molecule has 0 heterocycles. The zero-order valence-corrected chi connectivity index (χ0v) is 16.9. The highest BCUT2D eigenvalue weighted by molar-refractivity contribution is 9.10. The normalized spacial score (nSPS) is 10.2. The van der Waals surface area contributed by atoms with Crippen molar-refractivity contribution in [3.8, 4) is 11.5 Å². The third-order valence-electron chi connectivity index (χ3n) is 3.62. The van der Waals surface area contributed by atoms with Crippen LogP contribution >= 0.6 is 27.5 Å². The topological polar surface area (TPSA) is 64.6 Å². The standard InChI is InChI=1S/C21H15BrClNO4/c22-15-3-11-18(12-4-15)27-13-20(25)28-19-9-1-14(2-10-19)21(26)24-17-7-5-16(23)6-8-17/h1-12H,13H2,(H,24,26). The third kappa shape index (κ3) is 5.84. The lowest BCUT2D eigenvalue weighted by Gasteiger charge is -2.08. The summed E-state index contributed by atoms with van der Waals surface area (Å²) in [6.45, 7) is -0.222. The SMILES string of the molecule is O=C(COc1ccc(Br)cc1)Oc1ccc(C(=O)Nc2ccc(Cl)cc2)cc1. The Balaban J connectivity index is 1.51. The van der Waals surface area contributed by atoms with E-state index in [0.717, 1.165) is 4.47 Å². The Morgan fingerprint density at radius 3 is 2.11 bits per heavy atom. The molecule has 142 valence electrons. The highest BCUT2D eigenvalue weighted by Crippen LogP contribution is 2.18. The molecule has 0 spiro atoms. The molecule has 0 aliphatic rings. The summed E-state index contributed by atoms with van der Waals surface area (Å²) in [5.41, 5.74) is 1.07. The van der Waals surface area contributed by atoms with Crippen LogP contribution in [0.25, 0.3) is 0 Å². The molecule has 0 aliphatic heterocycles. The third-order valence-corrected chi connectivity index (χ3v) is 4.40. The number of esters is 1. The molecule has 0 aromatic heterocycles. The van der Waals surface area contributed by atoms with E-state index in [0.29, 0.717) is 27.8 Å². The van der Waals surface area contributed by atoms with Crippen molar-refractivity contribution >= 4 is 45.1 Å². The maximum absolute atomic E-state index is 12.2. The monoisotopic (exact) mass is 459 g/mol. The molecule has 0 bridgehead atoms. The van der Waals surface area contributed by atoms with Gasteiger partial charge in [-0.05, 0) is 72.8 Å². The summed E-state index contributed by atoms with van der Waals surface area (Å²) < 4.78 is 11.5. The predicted molar refractivity (Wildman–Crippen MR) is 111 cm³/mol. The lowest BCUT2D eigenvalue weighted by molar-refractivity contribution is -0.136. The fraction of sp³-hybridized carbons (Fsp3) is 0.0476. The molecule has 0 saturated heterocycles. The summed E-state index contributed by atoms with van der Waals surface area (Å²) >= 11 is 9.15. The number of halogens is 2. The van der Waals surface area contributed by atoms with Gasteiger partial charge in [0.25, 0.3) is 5.91 Å². The number of rotatable bonds is 6. The molecule has 28 heavy (non-hydrogen) atoms. The maximum Gasteiger partial charge on any atom is 0.349 e. The highest BCUT2D eigenvalue weighted by atomic mass is 79.9. The van der Waals surface area contributed by atoms with Gasteiger partial charge in [0.2, 0.25) is 0 Å². The van der Waals surface area contributed by atoms with Crippen LogP contribution in [0.3, 0.4) is 0 Å². The predicted octanol–water partition coefficient (Wildman–Crippen LogP) is 5.34. The molecule has 0 saturated carbocycles. The van der Waals surface area contributed by atoms with E-state index in [1.807, 2.05) is 12.1 Å². The molecule has 0 unspecified atom stereocenters. The Labute approximate surface area is 175 Å². The first-order chi connectivity index (χ1) is 13.5. The molecule has 7 heteroatoms. The Bertz CT molecular complexity index is 957. The van der Waals surface area contributed by atoms with Gasteiger partial charge in [-0.1, -0.05) is 27.5 Å². The Hall–Kier alpha value is -2.83. The van der Waals surface area contributed by atoms with Crippen molar-refractivity contribution in [1.82, 2.24) is 0 Å². The second-order valence-corrected chi connectivity index (χ2v) is 7.05. The van der Waals surface area contributed by atoms with Gasteiger partial charge >= 0.3 is 5.97 Å². The smallest absolute Gasteiger partial charge is 0.349 e. The lowest BCUT2D eigenvalue weighted by atomic mass is 10.2. The molecule has 0 atom stereocenters. The van der Waals surface area contributed by atoms with E-state index >= 15 is 0 Å². The Morgan fingerprint density at radius 2 is 1.46 bits per heavy atom. The van der Waals surface area contributed by atoms with Crippen LogP contribution in [0.5, 0.6) is 11.5 Å². The first-order valence-electron chi connectivity index (χ1n) is 8.25. The summed E-state index contributed by atoms with van der Waals surface area (Å²) in [7, 11) is 0. The summed E-state index contributed by atoms with van der Waals surface area (Å²) in [4.78, 5) is 24.1. The highest BCUT2D eigenvalue weighted by Gasteiger charge is 2.09. The number of benzene rings is 3. The van der Waals surface area contributed by atoms with E-state index in [1.165, 1.54) is 0 Å². The lowest BCUT2D eigenvalue weighted by Crippen LogP contribution is -2.18. The number of hydrogen-bond acceptors (Lipinski definition) is 4. The number of nitrogens with one attached hydrogen (secondary N) is 1. The summed E-state index contributed by atoms with van der Waals surface area (Å²) in [5, 5.41) is 3.35. The number of carbonyl (C=O) groups excluding carboxylic acids is 2. The maximum atomic E-state index is 12.2. The van der Waals surface area contributed by atoms with E-state index in [4.69, 9.17) is 21.1 Å². The summed E-state index contributed by atoms with van der Waals surface area (Å²) in [6.07, 6.45) is 0. The van der Waals surface area contributed by atoms with Gasteiger partial charge < -0.3 is 14.8 Å². The Kier molecular flexibility index (Phi) is 6.68. The van der Waals surface area contributed by atoms with E-state index in [-0.39, 0.29) is 12.5 Å². The molecule has 0 fully saturated rings. The minimum atomic E-state index is -0.540. The van der Waals surface area contributed by atoms with Crippen molar-refractivity contribution in [3.05, 3.63) is 87.9 Å². The summed E-state index contributed by atoms with van der Waals surface area (Å²) in [5.74, 6) is 0.0712. The van der Waals surface area contributed by atoms with Gasteiger partial charge in [-0.2, -0.15) is 0 Å². The molecule has 1 N–H and O–H groups in total. The van der Waals surface area contributed by atoms with Crippen LogP contribution in [-0.4, -0.2) is 18.5 Å². The van der Waals surface area contributed by atoms with Crippen molar-refractivity contribution in [2.45, 2.75) is 0 Å². The van der Waals surface area contributed by atoms with Gasteiger partial charge in [0.15, 0.2) is 6.61 Å². The molecular formula is C21H15BrClNO4. The molecule has 3 rings (SSSR count). The zero-order valence-electron chi connectivity index (χ0n) is 14.5. The van der Waals surface area contributed by atoms with E-state index in [2.05, 4.69) is 21.2 Å². The van der Waals surface area contributed by atoms with E-state index < -0.39 is 5.97 Å². The number of hydrogen-bond donors (Lipinski definition) is 1. The average molecular weight is 461 g/mol. The van der Waals surface area contributed by atoms with Crippen LogP contribution in [-0.2, 0) is 4.79 Å². The molecule has 3 aromatic rings. The van der Waals surface area contributed by atoms with Gasteiger partial charge in [-0.25, -0.2) is 4.79 Å². The fourth-order valence-corrected chi connectivity index (χ4v) is 2.64. The number of ether oxygens (including phenoxy) is 2. The zero-order chi connectivity index (χ0) is 19.9. The quantitative estimate of drug-likeness (QED) is 0.398. The second kappa shape index (κ2) is 9.39. The van der Waals surface area contributed by atoms with Gasteiger partial charge in [0.1, 0.15) is 11.5 Å². The van der Waals surface area contributed by atoms with E-state index in [1.54, 1.807) is 60.7 Å². The van der Waals surface area contributed by atoms with Crippen LogP contribution < -0.4 is 14.8 Å². The first kappa shape index (κ1) is 19.9. The van der Waals surface area contributed by atoms with Crippen molar-refractivity contribution in [2.75, 3.05) is 11.9 Å².